The predicted octanol–water partition coefficient (Wildman–Crippen LogP) is 8.02. The summed E-state index contributed by atoms with van der Waals surface area (Å²) < 4.78 is 0. The Balaban J connectivity index is 0.917. The third-order valence-corrected chi connectivity index (χ3v) is 10.8. The predicted molar refractivity (Wildman–Crippen MR) is 210 cm³/mol. The highest BCUT2D eigenvalue weighted by molar-refractivity contribution is 5.87. The van der Waals surface area contributed by atoms with Crippen molar-refractivity contribution in [2.24, 2.45) is 0 Å². The Hall–Kier alpha value is -6.49. The number of carbonyl (C=O) groups excluding carboxylic acids is 2. The zero-order chi connectivity index (χ0) is 37.9. The van der Waals surface area contributed by atoms with Gasteiger partial charge in [-0.05, 0) is 66.0 Å². The highest BCUT2D eigenvalue weighted by atomic mass is 16.4. The van der Waals surface area contributed by atoms with E-state index in [4.69, 9.17) is 4.98 Å². The number of rotatable bonds is 10. The number of H-pyrrole nitrogens is 2. The Labute approximate surface area is 319 Å². The van der Waals surface area contributed by atoms with Crippen LogP contribution in [0.25, 0.3) is 33.6 Å². The number of aromatic amines is 2. The Bertz CT molecular complexity index is 2280. The average Bonchev–Trinajstić information content (AvgIpc) is 4.05. The minimum atomic E-state index is -1.25. The fourth-order valence-corrected chi connectivity index (χ4v) is 7.86. The van der Waals surface area contributed by atoms with Gasteiger partial charge >= 0.3 is 6.09 Å². The van der Waals surface area contributed by atoms with Gasteiger partial charge in [0.1, 0.15) is 17.7 Å². The van der Waals surface area contributed by atoms with Crippen LogP contribution in [0.15, 0.2) is 116 Å². The van der Waals surface area contributed by atoms with E-state index in [1.54, 1.807) is 35.4 Å². The van der Waals surface area contributed by atoms with Gasteiger partial charge in [0.15, 0.2) is 0 Å². The SMILES string of the molecule is Cc1ccc(CC(=O)N2CCC[C@H]2c2ncc(-c3ccc(-c4ccc(-c5cnc([C@@H]6CCCN6C(=O)[C@H](NC(=O)O)c6ccccc6)[nH]5)cc4)cc3)[nH]2)cc1. The lowest BCUT2D eigenvalue weighted by atomic mass is 10.0. The van der Waals surface area contributed by atoms with Crippen LogP contribution in [0.3, 0.4) is 0 Å². The smallest absolute Gasteiger partial charge is 0.405 e. The number of aromatic nitrogens is 4. The monoisotopic (exact) mass is 733 g/mol. The van der Waals surface area contributed by atoms with Gasteiger partial charge in [-0.2, -0.15) is 0 Å². The molecule has 2 aliphatic heterocycles. The van der Waals surface area contributed by atoms with E-state index in [-0.39, 0.29) is 23.9 Å². The van der Waals surface area contributed by atoms with Gasteiger partial charge in [-0.15, -0.1) is 0 Å². The third-order valence-electron chi connectivity index (χ3n) is 10.8. The maximum absolute atomic E-state index is 13.7. The van der Waals surface area contributed by atoms with E-state index in [9.17, 15) is 19.5 Å². The molecular weight excluding hydrogens is 691 g/mol. The van der Waals surface area contributed by atoms with Gasteiger partial charge in [0.2, 0.25) is 5.91 Å². The molecule has 278 valence electrons. The van der Waals surface area contributed by atoms with Crippen LogP contribution in [-0.4, -0.2) is 65.8 Å². The van der Waals surface area contributed by atoms with Crippen LogP contribution in [0.5, 0.6) is 0 Å². The summed E-state index contributed by atoms with van der Waals surface area (Å²) in [5.41, 5.74) is 8.70. The quantitative estimate of drug-likeness (QED) is 0.112. The summed E-state index contributed by atoms with van der Waals surface area (Å²) in [5, 5.41) is 11.9. The van der Waals surface area contributed by atoms with Gasteiger partial charge in [0, 0.05) is 13.1 Å². The Morgan fingerprint density at radius 1 is 0.709 bits per heavy atom. The Morgan fingerprint density at radius 3 is 1.76 bits per heavy atom. The van der Waals surface area contributed by atoms with Crippen LogP contribution in [-0.2, 0) is 16.0 Å². The van der Waals surface area contributed by atoms with Crippen LogP contribution in [0.1, 0.15) is 72.1 Å². The van der Waals surface area contributed by atoms with Crippen LogP contribution in [0.4, 0.5) is 4.79 Å². The lowest BCUT2D eigenvalue weighted by Gasteiger charge is -2.28. The second-order valence-electron chi connectivity index (χ2n) is 14.4. The van der Waals surface area contributed by atoms with E-state index in [2.05, 4.69) is 68.8 Å². The standard InChI is InChI=1S/C44H43N7O4/c1-28-11-13-29(14-12-28)25-39(52)50-23-5-9-37(50)41-45-26-35(47-41)32-19-15-30(16-20-32)31-17-21-33(22-18-31)36-27-46-42(48-36)38-10-6-24-51(38)43(53)40(49-44(54)55)34-7-3-2-4-8-34/h2-4,7-8,11-22,26-27,37-38,40,49H,5-6,9-10,23-25H2,1H3,(H,45,47)(H,46,48)(H,54,55)/t37-,38-,40+/m0/s1. The zero-order valence-corrected chi connectivity index (χ0v) is 30.6. The molecule has 11 heteroatoms. The van der Waals surface area contributed by atoms with Gasteiger partial charge in [0.05, 0.1) is 42.3 Å². The van der Waals surface area contributed by atoms with Crippen molar-refractivity contribution in [3.63, 3.8) is 0 Å². The largest absolute Gasteiger partial charge is 0.465 e. The first kappa shape index (κ1) is 35.5. The van der Waals surface area contributed by atoms with Crippen LogP contribution < -0.4 is 5.32 Å². The fourth-order valence-electron chi connectivity index (χ4n) is 7.86. The highest BCUT2D eigenvalue weighted by Gasteiger charge is 2.37. The highest BCUT2D eigenvalue weighted by Crippen LogP contribution is 2.35. The maximum atomic E-state index is 13.7. The molecule has 2 aromatic heterocycles. The van der Waals surface area contributed by atoms with E-state index < -0.39 is 12.1 Å². The third kappa shape index (κ3) is 7.64. The second-order valence-corrected chi connectivity index (χ2v) is 14.4. The van der Waals surface area contributed by atoms with Crippen molar-refractivity contribution >= 4 is 17.9 Å². The summed E-state index contributed by atoms with van der Waals surface area (Å²) in [7, 11) is 0. The summed E-state index contributed by atoms with van der Waals surface area (Å²) in [6.45, 7) is 3.31. The molecule has 2 aliphatic rings. The number of hydrogen-bond donors (Lipinski definition) is 4. The number of nitrogens with one attached hydrogen (secondary N) is 3. The summed E-state index contributed by atoms with van der Waals surface area (Å²) in [6, 6.07) is 32.4. The number of carbonyl (C=O) groups is 3. The first-order valence-corrected chi connectivity index (χ1v) is 18.8. The molecule has 8 rings (SSSR count). The number of carboxylic acid groups (broad SMARTS) is 1. The van der Waals surface area contributed by atoms with Crippen molar-refractivity contribution in [2.75, 3.05) is 13.1 Å². The maximum Gasteiger partial charge on any atom is 0.405 e. The summed E-state index contributed by atoms with van der Waals surface area (Å²) in [5.74, 6) is 1.34. The number of likely N-dealkylation sites (tertiary alicyclic amines) is 2. The van der Waals surface area contributed by atoms with E-state index in [1.807, 2.05) is 48.4 Å². The lowest BCUT2D eigenvalue weighted by molar-refractivity contribution is -0.134. The molecule has 4 aromatic carbocycles. The molecule has 6 aromatic rings. The molecule has 0 radical (unpaired) electrons. The van der Waals surface area contributed by atoms with Gasteiger partial charge in [-0.3, -0.25) is 9.59 Å². The number of benzene rings is 4. The molecule has 0 bridgehead atoms. The molecular formula is C44H43N7O4. The van der Waals surface area contributed by atoms with E-state index in [0.717, 1.165) is 77.3 Å². The van der Waals surface area contributed by atoms with Crippen molar-refractivity contribution in [1.82, 2.24) is 35.1 Å². The molecule has 2 fully saturated rings. The van der Waals surface area contributed by atoms with E-state index in [1.165, 1.54) is 5.56 Å². The Kier molecular flexibility index (Phi) is 9.99. The van der Waals surface area contributed by atoms with Gasteiger partial charge in [-0.25, -0.2) is 14.8 Å². The van der Waals surface area contributed by atoms with Crippen LogP contribution in [0.2, 0.25) is 0 Å². The van der Waals surface area contributed by atoms with Crippen LogP contribution in [0, 0.1) is 6.92 Å². The Morgan fingerprint density at radius 2 is 1.22 bits per heavy atom. The number of amides is 3. The number of imidazole rings is 2. The van der Waals surface area contributed by atoms with Gasteiger partial charge in [-0.1, -0.05) is 109 Å². The lowest BCUT2D eigenvalue weighted by Crippen LogP contribution is -2.42. The summed E-state index contributed by atoms with van der Waals surface area (Å²) in [6.07, 6.45) is 6.16. The number of aryl methyl sites for hydroxylation is 1. The van der Waals surface area contributed by atoms with Crippen molar-refractivity contribution in [3.8, 4) is 33.6 Å². The van der Waals surface area contributed by atoms with Crippen molar-refractivity contribution in [3.05, 3.63) is 144 Å². The van der Waals surface area contributed by atoms with Crippen molar-refractivity contribution in [1.29, 1.82) is 0 Å². The van der Waals surface area contributed by atoms with E-state index >= 15 is 0 Å². The molecule has 11 nitrogen and oxygen atoms in total. The van der Waals surface area contributed by atoms with Crippen LogP contribution >= 0.6 is 0 Å². The van der Waals surface area contributed by atoms with Crippen molar-refractivity contribution in [2.45, 2.75) is 57.2 Å². The molecule has 0 aliphatic carbocycles. The number of hydrogen-bond acceptors (Lipinski definition) is 5. The van der Waals surface area contributed by atoms with Gasteiger partial charge < -0.3 is 30.2 Å². The van der Waals surface area contributed by atoms with Crippen molar-refractivity contribution < 1.29 is 19.5 Å². The second kappa shape index (κ2) is 15.5. The fraction of sp³-hybridized carbons (Fsp3) is 0.250. The number of nitrogens with zero attached hydrogens (tertiary/aromatic N) is 4. The molecule has 4 N–H and O–H groups in total. The average molecular weight is 734 g/mol. The molecule has 55 heavy (non-hydrogen) atoms. The van der Waals surface area contributed by atoms with Gasteiger partial charge in [0.25, 0.3) is 5.91 Å². The minimum Gasteiger partial charge on any atom is -0.465 e. The first-order chi connectivity index (χ1) is 26.8. The zero-order valence-electron chi connectivity index (χ0n) is 30.6. The minimum absolute atomic E-state index is 0.0526. The molecule has 3 atom stereocenters. The molecule has 0 spiro atoms. The molecule has 4 heterocycles. The first-order valence-electron chi connectivity index (χ1n) is 18.8. The molecule has 0 unspecified atom stereocenters. The molecule has 0 saturated carbocycles. The summed E-state index contributed by atoms with van der Waals surface area (Å²) >= 11 is 0. The van der Waals surface area contributed by atoms with E-state index in [0.29, 0.717) is 24.4 Å². The normalized spacial score (nSPS) is 17.3. The molecule has 3 amide bonds. The topological polar surface area (TPSA) is 147 Å². The molecule has 2 saturated heterocycles. The summed E-state index contributed by atoms with van der Waals surface area (Å²) in [4.78, 5) is 58.6.